The van der Waals surface area contributed by atoms with Crippen LogP contribution in [0.4, 0.5) is 18.9 Å². The van der Waals surface area contributed by atoms with Crippen LogP contribution in [0.1, 0.15) is 20.8 Å². The lowest BCUT2D eigenvalue weighted by Gasteiger charge is -2.27. The molecule has 0 saturated carbocycles. The van der Waals surface area contributed by atoms with Crippen molar-refractivity contribution in [2.45, 2.75) is 32.7 Å². The molecule has 2 N–H and O–H groups in total. The van der Waals surface area contributed by atoms with E-state index < -0.39 is 17.8 Å². The molecule has 1 aromatic carbocycles. The number of rotatable bonds is 6. The highest BCUT2D eigenvalue weighted by molar-refractivity contribution is 5.81. The van der Waals surface area contributed by atoms with E-state index in [1.807, 2.05) is 6.07 Å². The van der Waals surface area contributed by atoms with Gasteiger partial charge in [-0.05, 0) is 25.0 Å². The van der Waals surface area contributed by atoms with Gasteiger partial charge in [0.05, 0.1) is 12.6 Å². The number of nitrogens with one attached hydrogen (secondary N) is 2. The molecule has 126 valence electrons. The molecule has 0 heterocycles. The summed E-state index contributed by atoms with van der Waals surface area (Å²) < 4.78 is 40.2. The van der Waals surface area contributed by atoms with Crippen LogP contribution in [0.5, 0.6) is 5.75 Å². The molecule has 0 aliphatic heterocycles. The lowest BCUT2D eigenvalue weighted by atomic mass is 9.90. The molecule has 1 atom stereocenters. The van der Waals surface area contributed by atoms with Gasteiger partial charge in [-0.2, -0.15) is 5.26 Å². The van der Waals surface area contributed by atoms with Crippen molar-refractivity contribution in [2.24, 2.45) is 5.92 Å². The molecular weight excluding hydrogens is 311 g/mol. The molecule has 1 amide bonds. The summed E-state index contributed by atoms with van der Waals surface area (Å²) in [6, 6.07) is 7.20. The summed E-state index contributed by atoms with van der Waals surface area (Å²) in [5, 5.41) is 14.4. The minimum atomic E-state index is -4.78. The first-order chi connectivity index (χ1) is 10.6. The third kappa shape index (κ3) is 6.06. The van der Waals surface area contributed by atoms with Crippen molar-refractivity contribution >= 4 is 11.6 Å². The van der Waals surface area contributed by atoms with Gasteiger partial charge in [0.2, 0.25) is 5.91 Å². The second-order valence-electron chi connectivity index (χ2n) is 5.45. The van der Waals surface area contributed by atoms with Gasteiger partial charge in [-0.1, -0.05) is 19.9 Å². The van der Waals surface area contributed by atoms with Crippen LogP contribution in [0, 0.1) is 17.2 Å². The number of alkyl halides is 3. The van der Waals surface area contributed by atoms with Crippen molar-refractivity contribution in [3.63, 3.8) is 0 Å². The molecule has 0 saturated heterocycles. The molecule has 0 aliphatic carbocycles. The molecule has 1 rings (SSSR count). The zero-order valence-corrected chi connectivity index (χ0v) is 13.0. The van der Waals surface area contributed by atoms with Gasteiger partial charge in [0.25, 0.3) is 0 Å². The number of halogens is 3. The second kappa shape index (κ2) is 7.22. The molecule has 0 aliphatic rings. The summed E-state index contributed by atoms with van der Waals surface area (Å²) in [5.41, 5.74) is -0.717. The van der Waals surface area contributed by atoms with Gasteiger partial charge < -0.3 is 15.4 Å². The first kappa shape index (κ1) is 18.6. The first-order valence-corrected chi connectivity index (χ1v) is 6.87. The van der Waals surface area contributed by atoms with E-state index in [-0.39, 0.29) is 18.2 Å². The van der Waals surface area contributed by atoms with Crippen LogP contribution in [-0.4, -0.2) is 24.4 Å². The zero-order valence-electron chi connectivity index (χ0n) is 13.0. The van der Waals surface area contributed by atoms with Gasteiger partial charge in [0, 0.05) is 11.8 Å². The zero-order chi connectivity index (χ0) is 17.7. The average molecular weight is 329 g/mol. The number of hydrogen-bond donors (Lipinski definition) is 2. The average Bonchev–Trinajstić information content (AvgIpc) is 2.43. The van der Waals surface area contributed by atoms with Crippen molar-refractivity contribution in [1.82, 2.24) is 5.32 Å². The summed E-state index contributed by atoms with van der Waals surface area (Å²) in [4.78, 5) is 11.9. The SMILES string of the molecule is CC(C)C(C)(C#N)NC(=O)CNc1cccc(OC(F)(F)F)c1. The summed E-state index contributed by atoms with van der Waals surface area (Å²) in [6.45, 7) is 5.02. The van der Waals surface area contributed by atoms with Crippen molar-refractivity contribution in [3.8, 4) is 11.8 Å². The van der Waals surface area contributed by atoms with E-state index in [4.69, 9.17) is 5.26 Å². The number of hydrogen-bond acceptors (Lipinski definition) is 4. The number of carbonyl (C=O) groups is 1. The minimum Gasteiger partial charge on any atom is -0.406 e. The first-order valence-electron chi connectivity index (χ1n) is 6.87. The van der Waals surface area contributed by atoms with E-state index in [2.05, 4.69) is 15.4 Å². The maximum Gasteiger partial charge on any atom is 0.573 e. The fraction of sp³-hybridized carbons (Fsp3) is 0.467. The molecule has 0 bridgehead atoms. The fourth-order valence-electron chi connectivity index (χ4n) is 1.62. The summed E-state index contributed by atoms with van der Waals surface area (Å²) in [6.07, 6.45) is -4.78. The fourth-order valence-corrected chi connectivity index (χ4v) is 1.62. The Labute approximate surface area is 132 Å². The van der Waals surface area contributed by atoms with Crippen LogP contribution in [0.2, 0.25) is 0 Å². The maximum absolute atomic E-state index is 12.2. The number of ether oxygens (including phenoxy) is 1. The van der Waals surface area contributed by atoms with E-state index in [0.717, 1.165) is 12.1 Å². The Bertz CT molecular complexity index is 596. The van der Waals surface area contributed by atoms with E-state index in [1.54, 1.807) is 20.8 Å². The lowest BCUT2D eigenvalue weighted by Crippen LogP contribution is -2.50. The lowest BCUT2D eigenvalue weighted by molar-refractivity contribution is -0.274. The molecule has 5 nitrogen and oxygen atoms in total. The third-order valence-electron chi connectivity index (χ3n) is 3.31. The smallest absolute Gasteiger partial charge is 0.406 e. The molecule has 8 heteroatoms. The largest absolute Gasteiger partial charge is 0.573 e. The Kier molecular flexibility index (Phi) is 5.85. The molecule has 0 radical (unpaired) electrons. The Morgan fingerprint density at radius 2 is 2.04 bits per heavy atom. The Balaban J connectivity index is 2.63. The number of benzene rings is 1. The summed E-state index contributed by atoms with van der Waals surface area (Å²) in [5.74, 6) is -0.920. The van der Waals surface area contributed by atoms with Gasteiger partial charge in [-0.15, -0.1) is 13.2 Å². The predicted molar refractivity (Wildman–Crippen MR) is 78.6 cm³/mol. The van der Waals surface area contributed by atoms with E-state index in [1.165, 1.54) is 12.1 Å². The Morgan fingerprint density at radius 1 is 1.39 bits per heavy atom. The third-order valence-corrected chi connectivity index (χ3v) is 3.31. The molecule has 0 aromatic heterocycles. The van der Waals surface area contributed by atoms with Gasteiger partial charge in [-0.3, -0.25) is 4.79 Å². The molecule has 1 aromatic rings. The van der Waals surface area contributed by atoms with Crippen LogP contribution in [0.25, 0.3) is 0 Å². The normalized spacial score (nSPS) is 13.8. The number of anilines is 1. The molecule has 1 unspecified atom stereocenters. The standard InChI is InChI=1S/C15H18F3N3O2/c1-10(2)14(3,9-19)21-13(22)8-20-11-5-4-6-12(7-11)23-15(16,17)18/h4-7,10,20H,8H2,1-3H3,(H,21,22). The van der Waals surface area contributed by atoms with Gasteiger partial charge >= 0.3 is 6.36 Å². The van der Waals surface area contributed by atoms with Crippen molar-refractivity contribution in [1.29, 1.82) is 5.26 Å². The summed E-state index contributed by atoms with van der Waals surface area (Å²) >= 11 is 0. The van der Waals surface area contributed by atoms with Crippen LogP contribution in [-0.2, 0) is 4.79 Å². The van der Waals surface area contributed by atoms with Gasteiger partial charge in [0.1, 0.15) is 11.3 Å². The highest BCUT2D eigenvalue weighted by atomic mass is 19.4. The van der Waals surface area contributed by atoms with Crippen LogP contribution in [0.15, 0.2) is 24.3 Å². The van der Waals surface area contributed by atoms with E-state index >= 15 is 0 Å². The summed E-state index contributed by atoms with van der Waals surface area (Å²) in [7, 11) is 0. The van der Waals surface area contributed by atoms with Crippen LogP contribution < -0.4 is 15.4 Å². The van der Waals surface area contributed by atoms with Crippen molar-refractivity contribution in [2.75, 3.05) is 11.9 Å². The van der Waals surface area contributed by atoms with Crippen LogP contribution >= 0.6 is 0 Å². The highest BCUT2D eigenvalue weighted by Gasteiger charge is 2.31. The Hall–Kier alpha value is -2.43. The molecule has 0 fully saturated rings. The molecule has 0 spiro atoms. The van der Waals surface area contributed by atoms with Crippen molar-refractivity contribution in [3.05, 3.63) is 24.3 Å². The number of nitriles is 1. The highest BCUT2D eigenvalue weighted by Crippen LogP contribution is 2.25. The van der Waals surface area contributed by atoms with E-state index in [9.17, 15) is 18.0 Å². The quantitative estimate of drug-likeness (QED) is 0.841. The van der Waals surface area contributed by atoms with Gasteiger partial charge in [-0.25, -0.2) is 0 Å². The van der Waals surface area contributed by atoms with Crippen LogP contribution in [0.3, 0.4) is 0 Å². The van der Waals surface area contributed by atoms with E-state index in [0.29, 0.717) is 5.69 Å². The topological polar surface area (TPSA) is 74.2 Å². The Morgan fingerprint density at radius 3 is 2.57 bits per heavy atom. The predicted octanol–water partition coefficient (Wildman–Crippen LogP) is 3.05. The number of nitrogens with zero attached hydrogens (tertiary/aromatic N) is 1. The minimum absolute atomic E-state index is 0.0973. The maximum atomic E-state index is 12.2. The van der Waals surface area contributed by atoms with Crippen molar-refractivity contribution < 1.29 is 22.7 Å². The molecular formula is C15H18F3N3O2. The van der Waals surface area contributed by atoms with Gasteiger partial charge in [0.15, 0.2) is 0 Å². The molecule has 23 heavy (non-hydrogen) atoms. The number of carbonyl (C=O) groups excluding carboxylic acids is 1. The number of amides is 1. The second-order valence-corrected chi connectivity index (χ2v) is 5.45. The monoisotopic (exact) mass is 329 g/mol.